The van der Waals surface area contributed by atoms with Gasteiger partial charge < -0.3 is 15.5 Å². The summed E-state index contributed by atoms with van der Waals surface area (Å²) in [6, 6.07) is -0.534. The number of allylic oxidation sites excluding steroid dienone is 4. The van der Waals surface area contributed by atoms with Crippen LogP contribution < -0.4 is 5.32 Å². The monoisotopic (exact) mass is 872 g/mol. The molecule has 4 heteroatoms. The van der Waals surface area contributed by atoms with Crippen molar-refractivity contribution in [3.8, 4) is 0 Å². The highest BCUT2D eigenvalue weighted by molar-refractivity contribution is 5.76. The van der Waals surface area contributed by atoms with Crippen LogP contribution in [0.2, 0.25) is 0 Å². The molecule has 2 unspecified atom stereocenters. The number of unbranched alkanes of at least 4 members (excludes halogenated alkanes) is 42. The lowest BCUT2D eigenvalue weighted by Crippen LogP contribution is -2.45. The standard InChI is InChI=1S/C58H113NO3/c1-3-5-7-9-11-13-15-17-19-20-21-22-23-24-25-26-27-28-29-30-31-32-33-34-35-36-37-38-40-42-44-46-48-50-52-54-58(62)59-56(55-60)57(61)53-51-49-47-45-43-41-39-18-16-14-12-10-8-6-4-2/h23-24,26-27,56-57,60-61H,3-22,25,28-55H2,1-2H3,(H,59,62)/b24-23-,27-26-. The molecule has 0 aromatic heterocycles. The van der Waals surface area contributed by atoms with Gasteiger partial charge in [-0.1, -0.05) is 295 Å². The Bertz CT molecular complexity index is 901. The number of nitrogens with one attached hydrogen (secondary N) is 1. The minimum absolute atomic E-state index is 0.0264. The zero-order chi connectivity index (χ0) is 44.9. The van der Waals surface area contributed by atoms with Gasteiger partial charge in [0.05, 0.1) is 18.8 Å². The van der Waals surface area contributed by atoms with E-state index in [9.17, 15) is 15.0 Å². The number of carbonyl (C=O) groups excluding carboxylic acids is 1. The third-order valence-electron chi connectivity index (χ3n) is 13.5. The SMILES string of the molecule is CCCCCCCCCCCCC/C=C\C/C=C\CCCCCCCCCCCCCCCCCCCC(=O)NC(CO)C(O)CCCCCCCCCCCCCCCCC. The molecule has 0 aromatic carbocycles. The second-order valence-electron chi connectivity index (χ2n) is 19.7. The van der Waals surface area contributed by atoms with Crippen LogP contribution in [0.1, 0.15) is 322 Å². The number of amides is 1. The number of rotatable bonds is 53. The van der Waals surface area contributed by atoms with Crippen molar-refractivity contribution < 1.29 is 15.0 Å². The lowest BCUT2D eigenvalue weighted by atomic mass is 10.0. The van der Waals surface area contributed by atoms with E-state index in [0.717, 1.165) is 32.1 Å². The van der Waals surface area contributed by atoms with Crippen LogP contribution in [0.5, 0.6) is 0 Å². The van der Waals surface area contributed by atoms with E-state index in [1.807, 2.05) is 0 Å². The maximum atomic E-state index is 12.5. The molecule has 0 saturated carbocycles. The van der Waals surface area contributed by atoms with E-state index in [0.29, 0.717) is 12.8 Å². The Morgan fingerprint density at radius 2 is 0.661 bits per heavy atom. The Morgan fingerprint density at radius 1 is 0.387 bits per heavy atom. The molecule has 368 valence electrons. The second kappa shape index (κ2) is 54.2. The highest BCUT2D eigenvalue weighted by Gasteiger charge is 2.20. The Morgan fingerprint density at radius 3 is 0.968 bits per heavy atom. The molecule has 3 N–H and O–H groups in total. The molecule has 0 rings (SSSR count). The zero-order valence-electron chi connectivity index (χ0n) is 42.4. The molecule has 0 aliphatic heterocycles. The van der Waals surface area contributed by atoms with Gasteiger partial charge in [-0.2, -0.15) is 0 Å². The largest absolute Gasteiger partial charge is 0.394 e. The molecule has 0 aliphatic carbocycles. The molecular formula is C58H113NO3. The first-order valence-corrected chi connectivity index (χ1v) is 28.5. The minimum Gasteiger partial charge on any atom is -0.394 e. The van der Waals surface area contributed by atoms with Gasteiger partial charge in [-0.3, -0.25) is 4.79 Å². The summed E-state index contributed by atoms with van der Waals surface area (Å²) in [7, 11) is 0. The van der Waals surface area contributed by atoms with Gasteiger partial charge >= 0.3 is 0 Å². The highest BCUT2D eigenvalue weighted by atomic mass is 16.3. The first kappa shape index (κ1) is 60.9. The highest BCUT2D eigenvalue weighted by Crippen LogP contribution is 2.18. The van der Waals surface area contributed by atoms with Crippen molar-refractivity contribution in [3.63, 3.8) is 0 Å². The molecule has 1 amide bonds. The summed E-state index contributed by atoms with van der Waals surface area (Å²) in [5.41, 5.74) is 0. The van der Waals surface area contributed by atoms with E-state index < -0.39 is 12.1 Å². The maximum absolute atomic E-state index is 12.5. The number of carbonyl (C=O) groups is 1. The molecule has 0 aromatic rings. The lowest BCUT2D eigenvalue weighted by Gasteiger charge is -2.22. The first-order chi connectivity index (χ1) is 30.7. The predicted molar refractivity (Wildman–Crippen MR) is 276 cm³/mol. The average molecular weight is 873 g/mol. The van der Waals surface area contributed by atoms with Crippen LogP contribution in [0.3, 0.4) is 0 Å². The van der Waals surface area contributed by atoms with Gasteiger partial charge in [0.25, 0.3) is 0 Å². The molecule has 62 heavy (non-hydrogen) atoms. The summed E-state index contributed by atoms with van der Waals surface area (Å²) in [5, 5.41) is 23.3. The summed E-state index contributed by atoms with van der Waals surface area (Å²) in [6.07, 6.45) is 71.8. The minimum atomic E-state index is -0.657. The van der Waals surface area contributed by atoms with Gasteiger partial charge in [0.15, 0.2) is 0 Å². The summed E-state index contributed by atoms with van der Waals surface area (Å²) in [6.45, 7) is 4.39. The first-order valence-electron chi connectivity index (χ1n) is 28.5. The van der Waals surface area contributed by atoms with Crippen molar-refractivity contribution in [2.75, 3.05) is 6.61 Å². The molecular weight excluding hydrogens is 759 g/mol. The van der Waals surface area contributed by atoms with Crippen molar-refractivity contribution in [3.05, 3.63) is 24.3 Å². The topological polar surface area (TPSA) is 69.6 Å². The Hall–Kier alpha value is -1.13. The fraction of sp³-hybridized carbons (Fsp3) is 0.914. The molecule has 2 atom stereocenters. The van der Waals surface area contributed by atoms with Crippen molar-refractivity contribution >= 4 is 5.91 Å². The smallest absolute Gasteiger partial charge is 0.220 e. The fourth-order valence-corrected chi connectivity index (χ4v) is 9.10. The summed E-state index contributed by atoms with van der Waals surface area (Å²) in [4.78, 5) is 12.5. The Balaban J connectivity index is 3.40. The van der Waals surface area contributed by atoms with Crippen LogP contribution in [0.4, 0.5) is 0 Å². The molecule has 0 aliphatic rings. The van der Waals surface area contributed by atoms with E-state index in [1.54, 1.807) is 0 Å². The van der Waals surface area contributed by atoms with Crippen molar-refractivity contribution in [2.45, 2.75) is 334 Å². The predicted octanol–water partition coefficient (Wildman–Crippen LogP) is 18.7. The summed E-state index contributed by atoms with van der Waals surface area (Å²) < 4.78 is 0. The van der Waals surface area contributed by atoms with Gasteiger partial charge in [-0.15, -0.1) is 0 Å². The zero-order valence-corrected chi connectivity index (χ0v) is 42.4. The third kappa shape index (κ3) is 49.9. The lowest BCUT2D eigenvalue weighted by molar-refractivity contribution is -0.123. The third-order valence-corrected chi connectivity index (χ3v) is 13.5. The average Bonchev–Trinajstić information content (AvgIpc) is 3.28. The van der Waals surface area contributed by atoms with Crippen LogP contribution >= 0.6 is 0 Å². The van der Waals surface area contributed by atoms with Crippen LogP contribution in [-0.2, 0) is 4.79 Å². The Kier molecular flexibility index (Phi) is 53.2. The van der Waals surface area contributed by atoms with Gasteiger partial charge in [0.1, 0.15) is 0 Å². The van der Waals surface area contributed by atoms with Gasteiger partial charge in [-0.25, -0.2) is 0 Å². The Labute approximate surface area is 389 Å². The molecule has 0 fully saturated rings. The van der Waals surface area contributed by atoms with Crippen molar-refractivity contribution in [2.24, 2.45) is 0 Å². The van der Waals surface area contributed by atoms with E-state index in [4.69, 9.17) is 0 Å². The fourth-order valence-electron chi connectivity index (χ4n) is 9.10. The number of hydrogen-bond donors (Lipinski definition) is 3. The van der Waals surface area contributed by atoms with Crippen LogP contribution in [-0.4, -0.2) is 34.9 Å². The van der Waals surface area contributed by atoms with Crippen molar-refractivity contribution in [1.29, 1.82) is 0 Å². The van der Waals surface area contributed by atoms with Crippen LogP contribution in [0.25, 0.3) is 0 Å². The van der Waals surface area contributed by atoms with Crippen LogP contribution in [0, 0.1) is 0 Å². The summed E-state index contributed by atoms with van der Waals surface area (Å²) >= 11 is 0. The van der Waals surface area contributed by atoms with E-state index in [1.165, 1.54) is 263 Å². The maximum Gasteiger partial charge on any atom is 0.220 e. The van der Waals surface area contributed by atoms with Gasteiger partial charge in [0.2, 0.25) is 5.91 Å². The van der Waals surface area contributed by atoms with Gasteiger partial charge in [0, 0.05) is 6.42 Å². The van der Waals surface area contributed by atoms with Gasteiger partial charge in [-0.05, 0) is 44.9 Å². The quantitative estimate of drug-likeness (QED) is 0.0421. The van der Waals surface area contributed by atoms with E-state index in [-0.39, 0.29) is 12.5 Å². The number of hydrogen-bond acceptors (Lipinski definition) is 3. The van der Waals surface area contributed by atoms with Crippen molar-refractivity contribution in [1.82, 2.24) is 5.32 Å². The molecule has 0 spiro atoms. The van der Waals surface area contributed by atoms with E-state index in [2.05, 4.69) is 43.5 Å². The molecule has 4 nitrogen and oxygen atoms in total. The number of aliphatic hydroxyl groups is 2. The molecule has 0 saturated heterocycles. The molecule has 0 radical (unpaired) electrons. The molecule has 0 bridgehead atoms. The summed E-state index contributed by atoms with van der Waals surface area (Å²) in [5.74, 6) is -0.0264. The van der Waals surface area contributed by atoms with Crippen LogP contribution in [0.15, 0.2) is 24.3 Å². The number of aliphatic hydroxyl groups excluding tert-OH is 2. The normalized spacial score (nSPS) is 12.9. The molecule has 0 heterocycles. The second-order valence-corrected chi connectivity index (χ2v) is 19.7. The van der Waals surface area contributed by atoms with E-state index >= 15 is 0 Å².